The number of piperidine rings is 1. The van der Waals surface area contributed by atoms with Crippen LogP contribution in [0.25, 0.3) is 0 Å². The van der Waals surface area contributed by atoms with Crippen molar-refractivity contribution in [2.75, 3.05) is 20.1 Å². The summed E-state index contributed by atoms with van der Waals surface area (Å²) in [7, 11) is 2.17. The highest BCUT2D eigenvalue weighted by Crippen LogP contribution is 2.43. The monoisotopic (exact) mass is 310 g/mol. The van der Waals surface area contributed by atoms with E-state index in [1.807, 2.05) is 6.07 Å². The van der Waals surface area contributed by atoms with Crippen molar-refractivity contribution in [3.63, 3.8) is 0 Å². The van der Waals surface area contributed by atoms with Crippen LogP contribution in [0.15, 0.2) is 22.7 Å². The summed E-state index contributed by atoms with van der Waals surface area (Å²) in [5, 5.41) is 0. The first-order valence-corrected chi connectivity index (χ1v) is 7.30. The molecule has 0 amide bonds. The van der Waals surface area contributed by atoms with Crippen LogP contribution in [0.1, 0.15) is 30.9 Å². The van der Waals surface area contributed by atoms with Crippen molar-refractivity contribution >= 4 is 15.9 Å². The normalized spacial score (nSPS) is 26.7. The van der Waals surface area contributed by atoms with Crippen LogP contribution >= 0.6 is 15.9 Å². The minimum absolute atomic E-state index is 0.0419. The average Bonchev–Trinajstić information content (AvgIpc) is 2.33. The Hall–Kier alpha value is -0.580. The van der Waals surface area contributed by atoms with Gasteiger partial charge in [-0.05, 0) is 32.0 Å². The first-order chi connectivity index (χ1) is 8.58. The molecule has 98 valence electrons. The number of benzene rings is 1. The zero-order valence-electron chi connectivity index (χ0n) is 10.7. The molecule has 0 bridgehead atoms. The van der Waals surface area contributed by atoms with Crippen molar-refractivity contribution in [2.45, 2.75) is 30.9 Å². The van der Waals surface area contributed by atoms with Crippen molar-refractivity contribution in [1.82, 2.24) is 4.90 Å². The molecule has 2 heterocycles. The summed E-state index contributed by atoms with van der Waals surface area (Å²) in [6.07, 6.45) is 3.09. The Balaban J connectivity index is 1.90. The van der Waals surface area contributed by atoms with E-state index in [2.05, 4.69) is 40.0 Å². The van der Waals surface area contributed by atoms with Crippen LogP contribution in [0, 0.1) is 0 Å². The topological polar surface area (TPSA) is 38.5 Å². The minimum Gasteiger partial charge on any atom is -0.487 e. The molecule has 0 aromatic heterocycles. The molecule has 1 spiro atoms. The van der Waals surface area contributed by atoms with E-state index < -0.39 is 0 Å². The molecule has 0 unspecified atom stereocenters. The molecule has 0 saturated carbocycles. The number of halogens is 1. The second-order valence-electron chi connectivity index (χ2n) is 5.58. The van der Waals surface area contributed by atoms with Gasteiger partial charge in [0.15, 0.2) is 0 Å². The van der Waals surface area contributed by atoms with Crippen LogP contribution in [0.2, 0.25) is 0 Å². The molecule has 3 rings (SSSR count). The maximum Gasteiger partial charge on any atom is 0.126 e. The van der Waals surface area contributed by atoms with Crippen LogP contribution in [-0.4, -0.2) is 30.6 Å². The van der Waals surface area contributed by atoms with E-state index in [0.29, 0.717) is 0 Å². The van der Waals surface area contributed by atoms with Gasteiger partial charge >= 0.3 is 0 Å². The number of nitrogens with zero attached hydrogens (tertiary/aromatic N) is 1. The van der Waals surface area contributed by atoms with Gasteiger partial charge in [0.1, 0.15) is 11.4 Å². The smallest absolute Gasteiger partial charge is 0.126 e. The van der Waals surface area contributed by atoms with Gasteiger partial charge in [0.2, 0.25) is 0 Å². The molecule has 3 nitrogen and oxygen atoms in total. The van der Waals surface area contributed by atoms with Crippen LogP contribution < -0.4 is 10.5 Å². The van der Waals surface area contributed by atoms with Gasteiger partial charge in [-0.3, -0.25) is 0 Å². The zero-order chi connectivity index (χ0) is 12.8. The number of rotatable bonds is 0. The first kappa shape index (κ1) is 12.5. The Morgan fingerprint density at radius 1 is 1.39 bits per heavy atom. The number of fused-ring (bicyclic) bond motifs is 1. The van der Waals surface area contributed by atoms with Crippen molar-refractivity contribution in [3.8, 4) is 5.75 Å². The number of nitrogens with two attached hydrogens (primary N) is 1. The fraction of sp³-hybridized carbons (Fsp3) is 0.571. The Labute approximate surface area is 116 Å². The zero-order valence-corrected chi connectivity index (χ0v) is 12.2. The lowest BCUT2D eigenvalue weighted by Gasteiger charge is -2.45. The Bertz CT molecular complexity index is 455. The standard InChI is InChI=1S/C14H19BrN2O/c1-17-6-4-14(5-7-17)9-12(16)11-3-2-10(15)8-13(11)18-14/h2-3,8,12H,4-7,9,16H2,1H3/t12-/m1/s1. The summed E-state index contributed by atoms with van der Waals surface area (Å²) >= 11 is 3.50. The van der Waals surface area contributed by atoms with E-state index in [4.69, 9.17) is 10.5 Å². The van der Waals surface area contributed by atoms with E-state index in [-0.39, 0.29) is 11.6 Å². The molecule has 1 atom stereocenters. The lowest BCUT2D eigenvalue weighted by atomic mass is 9.81. The van der Waals surface area contributed by atoms with Crippen LogP contribution in [-0.2, 0) is 0 Å². The number of hydrogen-bond donors (Lipinski definition) is 1. The fourth-order valence-electron chi connectivity index (χ4n) is 3.02. The Kier molecular flexibility index (Phi) is 3.12. The second-order valence-corrected chi connectivity index (χ2v) is 6.50. The third-order valence-corrected chi connectivity index (χ3v) is 4.68. The van der Waals surface area contributed by atoms with E-state index in [9.17, 15) is 0 Å². The third kappa shape index (κ3) is 2.17. The molecule has 1 saturated heterocycles. The van der Waals surface area contributed by atoms with E-state index in [0.717, 1.165) is 48.1 Å². The molecule has 2 aliphatic heterocycles. The van der Waals surface area contributed by atoms with Gasteiger partial charge in [0.25, 0.3) is 0 Å². The quantitative estimate of drug-likeness (QED) is 0.800. The molecule has 2 N–H and O–H groups in total. The summed E-state index contributed by atoms with van der Waals surface area (Å²) in [6.45, 7) is 2.19. The highest BCUT2D eigenvalue weighted by atomic mass is 79.9. The van der Waals surface area contributed by atoms with Crippen molar-refractivity contribution in [1.29, 1.82) is 0 Å². The predicted molar refractivity (Wildman–Crippen MR) is 75.8 cm³/mol. The predicted octanol–water partition coefficient (Wildman–Crippen LogP) is 2.70. The lowest BCUT2D eigenvalue weighted by Crippen LogP contribution is -2.50. The maximum absolute atomic E-state index is 6.33. The van der Waals surface area contributed by atoms with Gasteiger partial charge in [-0.1, -0.05) is 22.0 Å². The largest absolute Gasteiger partial charge is 0.487 e. The number of hydrogen-bond acceptors (Lipinski definition) is 3. The molecule has 0 aliphatic carbocycles. The van der Waals surface area contributed by atoms with Crippen LogP contribution in [0.4, 0.5) is 0 Å². The molecule has 0 radical (unpaired) electrons. The molecular formula is C14H19BrN2O. The molecule has 18 heavy (non-hydrogen) atoms. The first-order valence-electron chi connectivity index (χ1n) is 6.51. The third-order valence-electron chi connectivity index (χ3n) is 4.19. The summed E-state index contributed by atoms with van der Waals surface area (Å²) in [5.41, 5.74) is 7.43. The van der Waals surface area contributed by atoms with Crippen molar-refractivity contribution < 1.29 is 4.74 Å². The molecule has 1 fully saturated rings. The summed E-state index contributed by atoms with van der Waals surface area (Å²) < 4.78 is 7.38. The SMILES string of the molecule is CN1CCC2(CC1)C[C@@H](N)c1ccc(Br)cc1O2. The Morgan fingerprint density at radius 3 is 2.83 bits per heavy atom. The highest BCUT2D eigenvalue weighted by Gasteiger charge is 2.41. The van der Waals surface area contributed by atoms with Gasteiger partial charge in [0, 0.05) is 35.6 Å². The molecular weight excluding hydrogens is 292 g/mol. The summed E-state index contributed by atoms with van der Waals surface area (Å²) in [5.74, 6) is 0.965. The van der Waals surface area contributed by atoms with E-state index in [1.165, 1.54) is 0 Å². The summed E-state index contributed by atoms with van der Waals surface area (Å²) in [4.78, 5) is 2.36. The van der Waals surface area contributed by atoms with Gasteiger partial charge < -0.3 is 15.4 Å². The highest BCUT2D eigenvalue weighted by molar-refractivity contribution is 9.10. The molecule has 4 heteroatoms. The summed E-state index contributed by atoms with van der Waals surface area (Å²) in [6, 6.07) is 6.26. The fourth-order valence-corrected chi connectivity index (χ4v) is 3.36. The van der Waals surface area contributed by atoms with Gasteiger partial charge in [0.05, 0.1) is 0 Å². The Morgan fingerprint density at radius 2 is 2.11 bits per heavy atom. The van der Waals surface area contributed by atoms with Crippen LogP contribution in [0.5, 0.6) is 5.75 Å². The van der Waals surface area contributed by atoms with Gasteiger partial charge in [-0.15, -0.1) is 0 Å². The van der Waals surface area contributed by atoms with Crippen LogP contribution in [0.3, 0.4) is 0 Å². The van der Waals surface area contributed by atoms with E-state index >= 15 is 0 Å². The molecule has 1 aromatic rings. The van der Waals surface area contributed by atoms with Gasteiger partial charge in [-0.25, -0.2) is 0 Å². The average molecular weight is 311 g/mol. The van der Waals surface area contributed by atoms with Crippen molar-refractivity contribution in [2.24, 2.45) is 5.73 Å². The lowest BCUT2D eigenvalue weighted by molar-refractivity contribution is -0.0164. The molecule has 2 aliphatic rings. The van der Waals surface area contributed by atoms with Gasteiger partial charge in [-0.2, -0.15) is 0 Å². The number of likely N-dealkylation sites (tertiary alicyclic amines) is 1. The minimum atomic E-state index is -0.0419. The van der Waals surface area contributed by atoms with E-state index in [1.54, 1.807) is 0 Å². The second kappa shape index (κ2) is 4.51. The molecule has 1 aromatic carbocycles. The van der Waals surface area contributed by atoms with Crippen molar-refractivity contribution in [3.05, 3.63) is 28.2 Å². The maximum atomic E-state index is 6.33. The number of ether oxygens (including phenoxy) is 1.